The third kappa shape index (κ3) is 14.5. The van der Waals surface area contributed by atoms with E-state index in [1.54, 1.807) is 0 Å². The largest absolute Gasteiger partial charge is 0.748 e. The molecule has 0 fully saturated rings. The van der Waals surface area contributed by atoms with Gasteiger partial charge in [-0.2, -0.15) is 13.2 Å². The van der Waals surface area contributed by atoms with Crippen molar-refractivity contribution in [3.8, 4) is 0 Å². The van der Waals surface area contributed by atoms with Crippen LogP contribution in [-0.4, -0.2) is 58.5 Å². The van der Waals surface area contributed by atoms with Gasteiger partial charge in [-0.1, -0.05) is 6.92 Å². The van der Waals surface area contributed by atoms with Crippen molar-refractivity contribution in [1.29, 1.82) is 0 Å². The summed E-state index contributed by atoms with van der Waals surface area (Å²) in [6, 6.07) is 0. The predicted octanol–water partition coefficient (Wildman–Crippen LogP) is 1.32. The molecule has 1 unspecified atom stereocenters. The SMILES string of the molecule is CC(CCS(C)(=O)=O)(CCS(=O)(=O)[O-])COCC(F)(F)F.[NH4+]. The molecule has 7 nitrogen and oxygen atoms in total. The van der Waals surface area contributed by atoms with Gasteiger partial charge in [-0.05, 0) is 18.3 Å². The quantitative estimate of drug-likeness (QED) is 0.605. The van der Waals surface area contributed by atoms with E-state index < -0.39 is 50.5 Å². The summed E-state index contributed by atoms with van der Waals surface area (Å²) in [5.41, 5.74) is -1.15. The first-order valence-corrected chi connectivity index (χ1v) is 9.52. The summed E-state index contributed by atoms with van der Waals surface area (Å²) >= 11 is 0. The maximum Gasteiger partial charge on any atom is 0.411 e. The van der Waals surface area contributed by atoms with E-state index in [2.05, 4.69) is 4.74 Å². The van der Waals surface area contributed by atoms with Gasteiger partial charge in [0.25, 0.3) is 0 Å². The van der Waals surface area contributed by atoms with Gasteiger partial charge >= 0.3 is 6.18 Å². The van der Waals surface area contributed by atoms with E-state index in [9.17, 15) is 34.6 Å². The van der Waals surface area contributed by atoms with Gasteiger partial charge in [0.2, 0.25) is 0 Å². The van der Waals surface area contributed by atoms with Crippen LogP contribution in [0.25, 0.3) is 0 Å². The number of sulfone groups is 1. The topological polar surface area (TPSA) is 137 Å². The molecule has 0 aliphatic rings. The Morgan fingerprint density at radius 2 is 1.45 bits per heavy atom. The van der Waals surface area contributed by atoms with Crippen molar-refractivity contribution in [3.05, 3.63) is 0 Å². The van der Waals surface area contributed by atoms with E-state index in [0.29, 0.717) is 0 Å². The predicted molar refractivity (Wildman–Crippen MR) is 74.5 cm³/mol. The lowest BCUT2D eigenvalue weighted by Gasteiger charge is -2.30. The lowest BCUT2D eigenvalue weighted by molar-refractivity contribution is -0.180. The molecular weight excluding hydrogens is 351 g/mol. The van der Waals surface area contributed by atoms with Gasteiger partial charge in [0, 0.05) is 12.0 Å². The standard InChI is InChI=1S/C10H19F3O6S2.H3N/c1-9(3-5-20(2,14)15,4-6-21(16,17)18)7-19-8-10(11,12)13;/h3-8H2,1-2H3,(H,16,17,18);1H3. The summed E-state index contributed by atoms with van der Waals surface area (Å²) in [6.07, 6.45) is -3.96. The fourth-order valence-electron chi connectivity index (χ4n) is 1.49. The molecule has 0 amide bonds. The summed E-state index contributed by atoms with van der Waals surface area (Å²) < 4.78 is 94.6. The van der Waals surface area contributed by atoms with Crippen LogP contribution in [-0.2, 0) is 24.7 Å². The third-order valence-electron chi connectivity index (χ3n) is 2.75. The molecule has 0 saturated carbocycles. The highest BCUT2D eigenvalue weighted by Crippen LogP contribution is 2.29. The van der Waals surface area contributed by atoms with Crippen molar-refractivity contribution in [2.45, 2.75) is 25.9 Å². The van der Waals surface area contributed by atoms with Crippen molar-refractivity contribution in [3.63, 3.8) is 0 Å². The molecule has 0 aromatic heterocycles. The molecule has 136 valence electrons. The average Bonchev–Trinajstić information content (AvgIpc) is 2.20. The Kier molecular flexibility index (Phi) is 9.13. The first-order valence-electron chi connectivity index (χ1n) is 5.88. The fraction of sp³-hybridized carbons (Fsp3) is 1.00. The molecule has 1 atom stereocenters. The van der Waals surface area contributed by atoms with Gasteiger partial charge in [-0.15, -0.1) is 0 Å². The number of halogens is 3. The average molecular weight is 373 g/mol. The van der Waals surface area contributed by atoms with Gasteiger partial charge in [0.1, 0.15) is 16.4 Å². The maximum absolute atomic E-state index is 12.0. The molecule has 0 radical (unpaired) electrons. The lowest BCUT2D eigenvalue weighted by atomic mass is 9.85. The Morgan fingerprint density at radius 3 is 1.82 bits per heavy atom. The van der Waals surface area contributed by atoms with Crippen LogP contribution in [0.1, 0.15) is 19.8 Å². The smallest absolute Gasteiger partial charge is 0.411 e. The minimum absolute atomic E-state index is 0. The number of quaternary nitrogens is 1. The van der Waals surface area contributed by atoms with Crippen molar-refractivity contribution in [1.82, 2.24) is 6.15 Å². The van der Waals surface area contributed by atoms with Gasteiger partial charge < -0.3 is 15.4 Å². The van der Waals surface area contributed by atoms with Crippen LogP contribution in [0.15, 0.2) is 0 Å². The monoisotopic (exact) mass is 373 g/mol. The van der Waals surface area contributed by atoms with E-state index in [4.69, 9.17) is 0 Å². The zero-order chi connectivity index (χ0) is 16.9. The van der Waals surface area contributed by atoms with Crippen LogP contribution < -0.4 is 6.15 Å². The van der Waals surface area contributed by atoms with Crippen LogP contribution in [0.2, 0.25) is 0 Å². The second-order valence-corrected chi connectivity index (χ2v) is 9.09. The molecular formula is C10H22F3NO6S2. The number of rotatable bonds is 9. The molecule has 0 heterocycles. The van der Waals surface area contributed by atoms with E-state index in [0.717, 1.165) is 6.26 Å². The van der Waals surface area contributed by atoms with Crippen molar-refractivity contribution >= 4 is 20.0 Å². The van der Waals surface area contributed by atoms with Crippen LogP contribution in [0.5, 0.6) is 0 Å². The van der Waals surface area contributed by atoms with Crippen LogP contribution in [0.4, 0.5) is 13.2 Å². The molecule has 0 bridgehead atoms. The molecule has 4 N–H and O–H groups in total. The summed E-state index contributed by atoms with van der Waals surface area (Å²) in [7, 11) is -7.91. The summed E-state index contributed by atoms with van der Waals surface area (Å²) in [6.45, 7) is -0.622. The molecule has 0 aromatic carbocycles. The van der Waals surface area contributed by atoms with Crippen molar-refractivity contribution < 1.29 is 39.3 Å². The van der Waals surface area contributed by atoms with E-state index in [1.165, 1.54) is 6.92 Å². The maximum atomic E-state index is 12.0. The Bertz CT molecular complexity index is 493. The highest BCUT2D eigenvalue weighted by Gasteiger charge is 2.31. The van der Waals surface area contributed by atoms with E-state index in [-0.39, 0.29) is 24.7 Å². The first-order chi connectivity index (χ1) is 9.12. The minimum atomic E-state index is -4.54. The van der Waals surface area contributed by atoms with Gasteiger partial charge in [-0.25, -0.2) is 16.8 Å². The van der Waals surface area contributed by atoms with Crippen molar-refractivity contribution in [2.24, 2.45) is 5.41 Å². The molecule has 0 spiro atoms. The van der Waals surface area contributed by atoms with Gasteiger partial charge in [0.05, 0.1) is 22.5 Å². The third-order valence-corrected chi connectivity index (χ3v) is 4.40. The minimum Gasteiger partial charge on any atom is -0.748 e. The Balaban J connectivity index is 0. The zero-order valence-corrected chi connectivity index (χ0v) is 14.3. The summed E-state index contributed by atoms with van der Waals surface area (Å²) in [5.74, 6) is -1.12. The molecule has 12 heteroatoms. The molecule has 0 saturated heterocycles. The Labute approximate surface area is 128 Å². The highest BCUT2D eigenvalue weighted by atomic mass is 32.2. The number of hydrogen-bond acceptors (Lipinski definition) is 6. The van der Waals surface area contributed by atoms with Crippen LogP contribution in [0, 0.1) is 5.41 Å². The van der Waals surface area contributed by atoms with Crippen LogP contribution in [0.3, 0.4) is 0 Å². The molecule has 0 rings (SSSR count). The van der Waals surface area contributed by atoms with Crippen LogP contribution >= 0.6 is 0 Å². The fourth-order valence-corrected chi connectivity index (χ4v) is 3.09. The normalized spacial score (nSPS) is 15.9. The van der Waals surface area contributed by atoms with Gasteiger partial charge in [-0.3, -0.25) is 0 Å². The Morgan fingerprint density at radius 1 is 1.00 bits per heavy atom. The number of hydrogen-bond donors (Lipinski definition) is 1. The molecule has 0 aliphatic heterocycles. The lowest BCUT2D eigenvalue weighted by Crippen LogP contribution is -2.31. The zero-order valence-electron chi connectivity index (χ0n) is 12.6. The highest BCUT2D eigenvalue weighted by molar-refractivity contribution is 7.90. The molecule has 22 heavy (non-hydrogen) atoms. The second kappa shape index (κ2) is 8.43. The number of alkyl halides is 3. The first kappa shape index (κ1) is 23.8. The Hall–Kier alpha value is -0.430. The molecule has 0 aromatic rings. The second-order valence-electron chi connectivity index (χ2n) is 5.31. The number of ether oxygens (including phenoxy) is 1. The van der Waals surface area contributed by atoms with E-state index >= 15 is 0 Å². The van der Waals surface area contributed by atoms with Crippen molar-refractivity contribution in [2.75, 3.05) is 31.0 Å². The van der Waals surface area contributed by atoms with Gasteiger partial charge in [0.15, 0.2) is 0 Å². The summed E-state index contributed by atoms with van der Waals surface area (Å²) in [4.78, 5) is 0. The van der Waals surface area contributed by atoms with E-state index in [1.807, 2.05) is 0 Å². The molecule has 0 aliphatic carbocycles. The summed E-state index contributed by atoms with van der Waals surface area (Å²) in [5, 5.41) is 0.